The Balaban J connectivity index is 2.37. The molecule has 0 saturated carbocycles. The topological polar surface area (TPSA) is 76.3 Å². The van der Waals surface area contributed by atoms with E-state index in [0.717, 1.165) is 17.5 Å². The average molecular weight is 246 g/mol. The first-order chi connectivity index (χ1) is 8.54. The third kappa shape index (κ3) is 2.20. The van der Waals surface area contributed by atoms with Gasteiger partial charge in [-0.1, -0.05) is 19.9 Å². The number of nitriles is 1. The van der Waals surface area contributed by atoms with E-state index in [-0.39, 0.29) is 11.8 Å². The number of benzene rings is 1. The molecule has 0 aromatic heterocycles. The second kappa shape index (κ2) is 4.97. The summed E-state index contributed by atoms with van der Waals surface area (Å²) < 4.78 is 0. The summed E-state index contributed by atoms with van der Waals surface area (Å²) in [5.41, 5.74) is 1.84. The highest BCUT2D eigenvalue weighted by Crippen LogP contribution is 2.35. The van der Waals surface area contributed by atoms with Gasteiger partial charge in [-0.05, 0) is 30.0 Å². The number of fused-ring (bicyclic) bond motifs is 1. The number of rotatable bonds is 2. The summed E-state index contributed by atoms with van der Waals surface area (Å²) in [6.45, 7) is 4.08. The first-order valence-corrected chi connectivity index (χ1v) is 6.23. The Kier molecular flexibility index (Phi) is 3.55. The van der Waals surface area contributed by atoms with Crippen LogP contribution in [0.5, 0.6) is 5.75 Å². The molecule has 0 bridgehead atoms. The van der Waals surface area contributed by atoms with Gasteiger partial charge in [-0.15, -0.1) is 0 Å². The number of phenols is 1. The van der Waals surface area contributed by atoms with E-state index in [2.05, 4.69) is 5.32 Å². The molecular formula is C14H18N2O2. The molecule has 1 aromatic carbocycles. The summed E-state index contributed by atoms with van der Waals surface area (Å²) in [7, 11) is 0. The van der Waals surface area contributed by atoms with Crippen molar-refractivity contribution < 1.29 is 10.2 Å². The number of aromatic hydroxyl groups is 1. The maximum atomic E-state index is 10.3. The van der Waals surface area contributed by atoms with Crippen LogP contribution in [0.15, 0.2) is 12.1 Å². The van der Waals surface area contributed by atoms with Gasteiger partial charge in [0.1, 0.15) is 11.8 Å². The lowest BCUT2D eigenvalue weighted by Gasteiger charge is -2.32. The molecule has 2 atom stereocenters. The molecule has 96 valence electrons. The Morgan fingerprint density at radius 2 is 2.17 bits per heavy atom. The van der Waals surface area contributed by atoms with Crippen LogP contribution in [-0.4, -0.2) is 22.3 Å². The lowest BCUT2D eigenvalue weighted by Crippen LogP contribution is -2.42. The molecule has 0 heterocycles. The normalized spacial score (nSPS) is 22.6. The molecule has 3 N–H and O–H groups in total. The van der Waals surface area contributed by atoms with Crippen LogP contribution in [0.1, 0.15) is 43.1 Å². The van der Waals surface area contributed by atoms with Crippen LogP contribution in [0.3, 0.4) is 0 Å². The fourth-order valence-corrected chi connectivity index (χ4v) is 2.60. The summed E-state index contributed by atoms with van der Waals surface area (Å²) in [5, 5.41) is 32.4. The molecular weight excluding hydrogens is 228 g/mol. The Morgan fingerprint density at radius 1 is 1.44 bits per heavy atom. The van der Waals surface area contributed by atoms with E-state index < -0.39 is 6.10 Å². The largest absolute Gasteiger partial charge is 0.507 e. The maximum Gasteiger partial charge on any atom is 0.133 e. The van der Waals surface area contributed by atoms with Gasteiger partial charge in [-0.25, -0.2) is 0 Å². The zero-order valence-corrected chi connectivity index (χ0v) is 10.6. The molecule has 18 heavy (non-hydrogen) atoms. The number of aliphatic hydroxyl groups is 1. The van der Waals surface area contributed by atoms with Crippen molar-refractivity contribution in [2.75, 3.05) is 0 Å². The number of aliphatic hydroxyl groups excluding tert-OH is 1. The van der Waals surface area contributed by atoms with Crippen molar-refractivity contribution in [3.05, 3.63) is 28.8 Å². The first-order valence-electron chi connectivity index (χ1n) is 6.23. The number of hydrogen-bond donors (Lipinski definition) is 3. The standard InChI is InChI=1S/C14H18N2O2/c1-8(2)16-12-5-3-9-10(14(12)18)4-6-13(17)11(9)7-15/h4,6,8,12,14,16-18H,3,5H2,1-2H3/t12-,14-/m0/s1. The minimum atomic E-state index is -0.621. The minimum Gasteiger partial charge on any atom is -0.507 e. The van der Waals surface area contributed by atoms with Crippen molar-refractivity contribution in [3.63, 3.8) is 0 Å². The number of nitrogens with one attached hydrogen (secondary N) is 1. The SMILES string of the molecule is CC(C)N[C@H]1CCc2c(ccc(O)c2C#N)[C@@H]1O. The second-order valence-electron chi connectivity index (χ2n) is 5.05. The van der Waals surface area contributed by atoms with Crippen molar-refractivity contribution in [1.82, 2.24) is 5.32 Å². The van der Waals surface area contributed by atoms with Crippen molar-refractivity contribution >= 4 is 0 Å². The lowest BCUT2D eigenvalue weighted by molar-refractivity contribution is 0.110. The zero-order valence-electron chi connectivity index (χ0n) is 10.6. The van der Waals surface area contributed by atoms with Crippen molar-refractivity contribution in [2.24, 2.45) is 0 Å². The summed E-state index contributed by atoms with van der Waals surface area (Å²) in [6.07, 6.45) is 0.849. The number of phenolic OH excluding ortho intramolecular Hbond substituents is 1. The van der Waals surface area contributed by atoms with Gasteiger partial charge in [0.2, 0.25) is 0 Å². The molecule has 0 radical (unpaired) electrons. The lowest BCUT2D eigenvalue weighted by atomic mass is 9.83. The van der Waals surface area contributed by atoms with Crippen LogP contribution >= 0.6 is 0 Å². The Hall–Kier alpha value is -1.57. The van der Waals surface area contributed by atoms with Crippen LogP contribution in [0.4, 0.5) is 0 Å². The molecule has 2 rings (SSSR count). The first kappa shape index (κ1) is 12.9. The third-order valence-corrected chi connectivity index (χ3v) is 3.39. The van der Waals surface area contributed by atoms with E-state index in [4.69, 9.17) is 5.26 Å². The van der Waals surface area contributed by atoms with Crippen LogP contribution in [0, 0.1) is 11.3 Å². The molecule has 0 saturated heterocycles. The molecule has 1 aromatic rings. The van der Waals surface area contributed by atoms with Crippen molar-refractivity contribution in [1.29, 1.82) is 5.26 Å². The highest BCUT2D eigenvalue weighted by atomic mass is 16.3. The molecule has 0 aliphatic heterocycles. The van der Waals surface area contributed by atoms with Crippen LogP contribution in [0.2, 0.25) is 0 Å². The molecule has 4 heteroatoms. The minimum absolute atomic E-state index is 0.00119. The Bertz CT molecular complexity index is 491. The molecule has 4 nitrogen and oxygen atoms in total. The summed E-state index contributed by atoms with van der Waals surface area (Å²) in [5.74, 6) is -0.00119. The zero-order chi connectivity index (χ0) is 13.3. The van der Waals surface area contributed by atoms with Gasteiger partial charge >= 0.3 is 0 Å². The van der Waals surface area contributed by atoms with Crippen LogP contribution in [0.25, 0.3) is 0 Å². The van der Waals surface area contributed by atoms with Gasteiger partial charge in [0, 0.05) is 12.1 Å². The highest BCUT2D eigenvalue weighted by molar-refractivity contribution is 5.53. The fraction of sp³-hybridized carbons (Fsp3) is 0.500. The monoisotopic (exact) mass is 246 g/mol. The van der Waals surface area contributed by atoms with Gasteiger partial charge in [-0.2, -0.15) is 5.26 Å². The van der Waals surface area contributed by atoms with Crippen LogP contribution < -0.4 is 5.32 Å². The average Bonchev–Trinajstić information content (AvgIpc) is 2.32. The molecule has 0 spiro atoms. The number of nitrogens with zero attached hydrogens (tertiary/aromatic N) is 1. The molecule has 0 amide bonds. The second-order valence-corrected chi connectivity index (χ2v) is 5.05. The van der Waals surface area contributed by atoms with Gasteiger partial charge in [0.15, 0.2) is 0 Å². The van der Waals surface area contributed by atoms with Crippen molar-refractivity contribution in [3.8, 4) is 11.8 Å². The summed E-state index contributed by atoms with van der Waals surface area (Å²) >= 11 is 0. The van der Waals surface area contributed by atoms with Crippen LogP contribution in [-0.2, 0) is 6.42 Å². The smallest absolute Gasteiger partial charge is 0.133 e. The quantitative estimate of drug-likeness (QED) is 0.741. The number of hydrogen-bond acceptors (Lipinski definition) is 4. The van der Waals surface area contributed by atoms with E-state index in [0.29, 0.717) is 18.0 Å². The fourth-order valence-electron chi connectivity index (χ4n) is 2.60. The maximum absolute atomic E-state index is 10.3. The van der Waals surface area contributed by atoms with E-state index in [1.807, 2.05) is 19.9 Å². The highest BCUT2D eigenvalue weighted by Gasteiger charge is 2.30. The van der Waals surface area contributed by atoms with Crippen molar-refractivity contribution in [2.45, 2.75) is 44.9 Å². The van der Waals surface area contributed by atoms with E-state index >= 15 is 0 Å². The van der Waals surface area contributed by atoms with Gasteiger partial charge in [-0.3, -0.25) is 0 Å². The van der Waals surface area contributed by atoms with E-state index in [1.54, 1.807) is 6.07 Å². The van der Waals surface area contributed by atoms with Gasteiger partial charge < -0.3 is 15.5 Å². The Labute approximate surface area is 107 Å². The molecule has 1 aliphatic carbocycles. The van der Waals surface area contributed by atoms with E-state index in [9.17, 15) is 10.2 Å². The van der Waals surface area contributed by atoms with Gasteiger partial charge in [0.25, 0.3) is 0 Å². The van der Waals surface area contributed by atoms with E-state index in [1.165, 1.54) is 6.07 Å². The third-order valence-electron chi connectivity index (χ3n) is 3.39. The predicted octanol–water partition coefficient (Wildman–Crippen LogP) is 1.61. The Morgan fingerprint density at radius 3 is 2.78 bits per heavy atom. The summed E-state index contributed by atoms with van der Waals surface area (Å²) in [4.78, 5) is 0. The molecule has 1 aliphatic rings. The molecule has 0 unspecified atom stereocenters. The van der Waals surface area contributed by atoms with Gasteiger partial charge in [0.05, 0.1) is 11.7 Å². The summed E-state index contributed by atoms with van der Waals surface area (Å²) in [6, 6.07) is 5.53. The predicted molar refractivity (Wildman–Crippen MR) is 68.2 cm³/mol. The molecule has 0 fully saturated rings.